The third-order valence-corrected chi connectivity index (χ3v) is 4.66. The molecule has 2 N–H and O–H groups in total. The number of aliphatic imine (C=N–C) groups is 1. The molecule has 2 aliphatic heterocycles. The van der Waals surface area contributed by atoms with Crippen LogP contribution in [0.4, 0.5) is 0 Å². The normalized spacial score (nSPS) is 24.0. The molecular weight excluding hydrogens is 292 g/mol. The molecule has 0 bridgehead atoms. The fourth-order valence-corrected chi connectivity index (χ4v) is 3.09. The highest BCUT2D eigenvalue weighted by atomic mass is 16.2. The Hall–Kier alpha value is -1.34. The van der Waals surface area contributed by atoms with Crippen molar-refractivity contribution in [3.8, 4) is 0 Å². The molecule has 0 aliphatic carbocycles. The maximum absolute atomic E-state index is 12.1. The van der Waals surface area contributed by atoms with Gasteiger partial charge >= 0.3 is 0 Å². The molecule has 2 saturated heterocycles. The Morgan fingerprint density at radius 1 is 1.13 bits per heavy atom. The van der Waals surface area contributed by atoms with Crippen LogP contribution in [0.2, 0.25) is 0 Å². The summed E-state index contributed by atoms with van der Waals surface area (Å²) < 4.78 is 0. The Labute approximate surface area is 140 Å². The number of carbonyl (C=O) groups excluding carboxylic acids is 1. The first-order valence-corrected chi connectivity index (χ1v) is 8.79. The van der Waals surface area contributed by atoms with Crippen molar-refractivity contribution in [3.05, 3.63) is 0 Å². The number of piperazine rings is 1. The predicted molar refractivity (Wildman–Crippen MR) is 93.7 cm³/mol. The van der Waals surface area contributed by atoms with Gasteiger partial charge in [0.1, 0.15) is 6.54 Å². The summed E-state index contributed by atoms with van der Waals surface area (Å²) in [4.78, 5) is 23.2. The van der Waals surface area contributed by atoms with Crippen LogP contribution in [0.25, 0.3) is 0 Å². The first-order valence-electron chi connectivity index (χ1n) is 8.79. The van der Waals surface area contributed by atoms with E-state index < -0.39 is 0 Å². The van der Waals surface area contributed by atoms with Crippen LogP contribution in [0.1, 0.15) is 19.8 Å². The number of nitrogens with one attached hydrogen (secondary N) is 2. The second kappa shape index (κ2) is 9.08. The molecular formula is C16H32N6O. The molecule has 1 amide bonds. The number of likely N-dealkylation sites (N-methyl/N-ethyl adjacent to an activating group) is 2. The van der Waals surface area contributed by atoms with Crippen LogP contribution in [0, 0.1) is 0 Å². The molecule has 132 valence electrons. The number of carbonyl (C=O) groups is 1. The summed E-state index contributed by atoms with van der Waals surface area (Å²) in [5.41, 5.74) is 0. The molecule has 0 aromatic heterocycles. The average molecular weight is 324 g/mol. The van der Waals surface area contributed by atoms with E-state index in [-0.39, 0.29) is 12.5 Å². The number of hydrogen-bond acceptors (Lipinski definition) is 4. The Morgan fingerprint density at radius 2 is 1.87 bits per heavy atom. The van der Waals surface area contributed by atoms with E-state index in [0.717, 1.165) is 64.6 Å². The van der Waals surface area contributed by atoms with E-state index in [1.807, 2.05) is 11.8 Å². The van der Waals surface area contributed by atoms with E-state index in [9.17, 15) is 4.79 Å². The van der Waals surface area contributed by atoms with E-state index in [1.54, 1.807) is 0 Å². The lowest BCUT2D eigenvalue weighted by Gasteiger charge is -2.37. The zero-order valence-corrected chi connectivity index (χ0v) is 14.8. The van der Waals surface area contributed by atoms with Gasteiger partial charge in [-0.15, -0.1) is 0 Å². The van der Waals surface area contributed by atoms with E-state index >= 15 is 0 Å². The zero-order valence-electron chi connectivity index (χ0n) is 14.8. The Bertz CT molecular complexity index is 407. The summed E-state index contributed by atoms with van der Waals surface area (Å²) in [6, 6.07) is 0.465. The van der Waals surface area contributed by atoms with Gasteiger partial charge in [0, 0.05) is 51.9 Å². The molecule has 0 aromatic carbocycles. The van der Waals surface area contributed by atoms with E-state index in [0.29, 0.717) is 6.04 Å². The summed E-state index contributed by atoms with van der Waals surface area (Å²) in [7, 11) is 4.33. The summed E-state index contributed by atoms with van der Waals surface area (Å²) >= 11 is 0. The smallest absolute Gasteiger partial charge is 0.244 e. The van der Waals surface area contributed by atoms with Gasteiger partial charge in [0.2, 0.25) is 5.91 Å². The molecule has 0 saturated carbocycles. The zero-order chi connectivity index (χ0) is 16.7. The highest BCUT2D eigenvalue weighted by Crippen LogP contribution is 2.07. The van der Waals surface area contributed by atoms with E-state index in [2.05, 4.69) is 39.5 Å². The number of likely N-dealkylation sites (tertiary alicyclic amines) is 1. The molecule has 7 heteroatoms. The van der Waals surface area contributed by atoms with Crippen molar-refractivity contribution in [3.63, 3.8) is 0 Å². The molecule has 1 unspecified atom stereocenters. The Balaban J connectivity index is 1.82. The van der Waals surface area contributed by atoms with Crippen LogP contribution in [-0.4, -0.2) is 99.1 Å². The molecule has 0 aromatic rings. The van der Waals surface area contributed by atoms with Crippen molar-refractivity contribution < 1.29 is 4.79 Å². The Kier molecular flexibility index (Phi) is 7.11. The maximum atomic E-state index is 12.1. The summed E-state index contributed by atoms with van der Waals surface area (Å²) in [6.45, 7) is 8.94. The van der Waals surface area contributed by atoms with Crippen molar-refractivity contribution in [1.82, 2.24) is 25.3 Å². The van der Waals surface area contributed by atoms with Crippen LogP contribution >= 0.6 is 0 Å². The van der Waals surface area contributed by atoms with E-state index in [4.69, 9.17) is 0 Å². The van der Waals surface area contributed by atoms with Crippen molar-refractivity contribution in [2.45, 2.75) is 25.8 Å². The molecule has 0 spiro atoms. The number of guanidine groups is 1. The number of nitrogens with zero attached hydrogens (tertiary/aromatic N) is 4. The largest absolute Gasteiger partial charge is 0.357 e. The van der Waals surface area contributed by atoms with E-state index in [1.165, 1.54) is 0 Å². The molecule has 2 fully saturated rings. The molecule has 2 aliphatic rings. The number of amides is 1. The van der Waals surface area contributed by atoms with Gasteiger partial charge in [-0.2, -0.15) is 0 Å². The molecule has 2 heterocycles. The van der Waals surface area contributed by atoms with Crippen molar-refractivity contribution in [2.75, 3.05) is 66.5 Å². The third-order valence-electron chi connectivity index (χ3n) is 4.66. The first kappa shape index (κ1) is 18.0. The van der Waals surface area contributed by atoms with Gasteiger partial charge in [0.25, 0.3) is 0 Å². The number of rotatable bonds is 5. The van der Waals surface area contributed by atoms with Gasteiger partial charge < -0.3 is 20.4 Å². The van der Waals surface area contributed by atoms with Gasteiger partial charge in [0.15, 0.2) is 5.96 Å². The van der Waals surface area contributed by atoms with Crippen molar-refractivity contribution >= 4 is 11.9 Å². The average Bonchev–Trinajstić information content (AvgIpc) is 3.07. The summed E-state index contributed by atoms with van der Waals surface area (Å²) in [6.07, 6.45) is 2.24. The van der Waals surface area contributed by atoms with Gasteiger partial charge in [0.05, 0.1) is 0 Å². The van der Waals surface area contributed by atoms with Crippen LogP contribution in [0.15, 0.2) is 4.99 Å². The maximum Gasteiger partial charge on any atom is 0.244 e. The first-order chi connectivity index (χ1) is 11.1. The topological polar surface area (TPSA) is 63.2 Å². The molecule has 7 nitrogen and oxygen atoms in total. The van der Waals surface area contributed by atoms with Gasteiger partial charge in [-0.1, -0.05) is 0 Å². The Morgan fingerprint density at radius 3 is 2.57 bits per heavy atom. The SMILES string of the molecule is CCNC(=NCC(=O)N1CCCC1)NCC1CN(C)CCN1C. The minimum absolute atomic E-state index is 0.134. The van der Waals surface area contributed by atoms with Crippen LogP contribution < -0.4 is 10.6 Å². The minimum atomic E-state index is 0.134. The van der Waals surface area contributed by atoms with Crippen LogP contribution in [-0.2, 0) is 4.79 Å². The second-order valence-electron chi connectivity index (χ2n) is 6.56. The fraction of sp³-hybridized carbons (Fsp3) is 0.875. The lowest BCUT2D eigenvalue weighted by Crippen LogP contribution is -2.55. The van der Waals surface area contributed by atoms with Crippen molar-refractivity contribution in [2.24, 2.45) is 4.99 Å². The summed E-state index contributed by atoms with van der Waals surface area (Å²) in [5.74, 6) is 0.871. The van der Waals surface area contributed by atoms with Crippen molar-refractivity contribution in [1.29, 1.82) is 0 Å². The highest BCUT2D eigenvalue weighted by molar-refractivity contribution is 5.85. The highest BCUT2D eigenvalue weighted by Gasteiger charge is 2.22. The molecule has 23 heavy (non-hydrogen) atoms. The molecule has 2 rings (SSSR count). The third kappa shape index (κ3) is 5.66. The summed E-state index contributed by atoms with van der Waals surface area (Å²) in [5, 5.41) is 6.62. The lowest BCUT2D eigenvalue weighted by atomic mass is 10.2. The minimum Gasteiger partial charge on any atom is -0.357 e. The lowest BCUT2D eigenvalue weighted by molar-refractivity contribution is -0.128. The van der Waals surface area contributed by atoms with Gasteiger partial charge in [-0.25, -0.2) is 4.99 Å². The molecule has 1 atom stereocenters. The van der Waals surface area contributed by atoms with Gasteiger partial charge in [-0.05, 0) is 33.9 Å². The van der Waals surface area contributed by atoms with Crippen LogP contribution in [0.3, 0.4) is 0 Å². The predicted octanol–water partition coefficient (Wildman–Crippen LogP) is -0.590. The van der Waals surface area contributed by atoms with Crippen LogP contribution in [0.5, 0.6) is 0 Å². The standard InChI is InChI=1S/C16H32N6O/c1-4-17-16(19-12-15(23)22-7-5-6-8-22)18-11-14-13-20(2)9-10-21(14)3/h14H,4-13H2,1-3H3,(H2,17,18,19). The monoisotopic (exact) mass is 324 g/mol. The second-order valence-corrected chi connectivity index (χ2v) is 6.56. The quantitative estimate of drug-likeness (QED) is 0.523. The fourth-order valence-electron chi connectivity index (χ4n) is 3.09. The van der Waals surface area contributed by atoms with Gasteiger partial charge in [-0.3, -0.25) is 9.69 Å². The molecule has 0 radical (unpaired) electrons. The number of hydrogen-bond donors (Lipinski definition) is 2.